The van der Waals surface area contributed by atoms with Crippen LogP contribution in [0.25, 0.3) is 0 Å². The summed E-state index contributed by atoms with van der Waals surface area (Å²) >= 11 is 5.80. The molecule has 1 aliphatic heterocycles. The van der Waals surface area contributed by atoms with E-state index in [0.717, 1.165) is 38.7 Å². The monoisotopic (exact) mass is 397 g/mol. The molecule has 1 aliphatic rings. The Morgan fingerprint density at radius 3 is 2.13 bits per heavy atom. The van der Waals surface area contributed by atoms with Gasteiger partial charge in [-0.25, -0.2) is 15.0 Å². The number of hydrogen-bond donors (Lipinski definition) is 0. The minimum absolute atomic E-state index is 0. The van der Waals surface area contributed by atoms with Crippen LogP contribution < -0.4 is 4.90 Å². The number of piperazine rings is 1. The average molecular weight is 399 g/mol. The molecule has 0 saturated carbocycles. The van der Waals surface area contributed by atoms with Gasteiger partial charge in [0.2, 0.25) is 5.95 Å². The molecule has 5 nitrogen and oxygen atoms in total. The van der Waals surface area contributed by atoms with Crippen LogP contribution in [0.4, 0.5) is 5.95 Å². The molecule has 128 valence electrons. The van der Waals surface area contributed by atoms with Crippen LogP contribution in [-0.4, -0.2) is 46.0 Å². The van der Waals surface area contributed by atoms with Crippen molar-refractivity contribution in [3.8, 4) is 0 Å². The van der Waals surface area contributed by atoms with Crippen molar-refractivity contribution in [3.63, 3.8) is 0 Å². The second-order valence-electron chi connectivity index (χ2n) is 4.80. The number of anilines is 1. The van der Waals surface area contributed by atoms with E-state index in [0.29, 0.717) is 5.15 Å². The number of hydrogen-bond acceptors (Lipinski definition) is 5. The van der Waals surface area contributed by atoms with Gasteiger partial charge in [-0.15, -0.1) is 37.2 Å². The van der Waals surface area contributed by atoms with Crippen molar-refractivity contribution in [2.75, 3.05) is 31.1 Å². The maximum absolute atomic E-state index is 5.80. The fraction of sp³-hybridized carbons (Fsp3) is 0.357. The van der Waals surface area contributed by atoms with Crippen molar-refractivity contribution in [1.82, 2.24) is 19.9 Å². The molecule has 0 aliphatic carbocycles. The molecule has 3 heterocycles. The summed E-state index contributed by atoms with van der Waals surface area (Å²) in [7, 11) is 0. The molecule has 0 radical (unpaired) electrons. The second kappa shape index (κ2) is 10.8. The first-order valence-electron chi connectivity index (χ1n) is 6.66. The van der Waals surface area contributed by atoms with Gasteiger partial charge in [0, 0.05) is 51.3 Å². The zero-order valence-corrected chi connectivity index (χ0v) is 15.5. The summed E-state index contributed by atoms with van der Waals surface area (Å²) in [6, 6.07) is 5.71. The SMILES string of the molecule is Cl.Cl.Cl.Clc1ccc(CN2CCN(c3ncccn3)CC2)cn1. The molecule has 0 spiro atoms. The van der Waals surface area contributed by atoms with Crippen LogP contribution >= 0.6 is 48.8 Å². The first-order chi connectivity index (χ1) is 9.81. The molecule has 2 aromatic heterocycles. The Morgan fingerprint density at radius 2 is 1.57 bits per heavy atom. The van der Waals surface area contributed by atoms with Gasteiger partial charge in [0.1, 0.15) is 5.15 Å². The highest BCUT2D eigenvalue weighted by molar-refractivity contribution is 6.29. The Hall–Kier alpha value is -0.850. The molecule has 0 unspecified atom stereocenters. The summed E-state index contributed by atoms with van der Waals surface area (Å²) in [4.78, 5) is 17.3. The van der Waals surface area contributed by atoms with Gasteiger partial charge in [0.05, 0.1) is 0 Å². The van der Waals surface area contributed by atoms with E-state index >= 15 is 0 Å². The van der Waals surface area contributed by atoms with E-state index in [1.54, 1.807) is 12.4 Å². The van der Waals surface area contributed by atoms with Crippen LogP contribution in [0.5, 0.6) is 0 Å². The lowest BCUT2D eigenvalue weighted by Crippen LogP contribution is -2.46. The van der Waals surface area contributed by atoms with Crippen molar-refractivity contribution in [1.29, 1.82) is 0 Å². The van der Waals surface area contributed by atoms with Gasteiger partial charge in [0.15, 0.2) is 0 Å². The Bertz CT molecular complexity index is 547. The number of rotatable bonds is 3. The molecule has 3 rings (SSSR count). The molecule has 0 bridgehead atoms. The van der Waals surface area contributed by atoms with Crippen LogP contribution in [0.1, 0.15) is 5.56 Å². The zero-order chi connectivity index (χ0) is 13.8. The lowest BCUT2D eigenvalue weighted by Gasteiger charge is -2.34. The van der Waals surface area contributed by atoms with Crippen LogP contribution in [0, 0.1) is 0 Å². The maximum atomic E-state index is 5.80. The number of halogens is 4. The third-order valence-electron chi connectivity index (χ3n) is 3.40. The van der Waals surface area contributed by atoms with E-state index in [1.165, 1.54) is 5.56 Å². The number of aromatic nitrogens is 3. The molecule has 0 aromatic carbocycles. The molecule has 0 atom stereocenters. The second-order valence-corrected chi connectivity index (χ2v) is 5.19. The Kier molecular flexibility index (Phi) is 10.4. The van der Waals surface area contributed by atoms with Gasteiger partial charge < -0.3 is 4.90 Å². The van der Waals surface area contributed by atoms with E-state index in [1.807, 2.05) is 24.4 Å². The third-order valence-corrected chi connectivity index (χ3v) is 3.63. The summed E-state index contributed by atoms with van der Waals surface area (Å²) in [6.45, 7) is 4.81. The number of pyridine rings is 1. The normalized spacial score (nSPS) is 14.2. The largest absolute Gasteiger partial charge is 0.338 e. The minimum atomic E-state index is 0. The van der Waals surface area contributed by atoms with Crippen molar-refractivity contribution >= 4 is 54.8 Å². The smallest absolute Gasteiger partial charge is 0.225 e. The summed E-state index contributed by atoms with van der Waals surface area (Å²) in [5, 5.41) is 0.541. The molecule has 2 aromatic rings. The molecule has 23 heavy (non-hydrogen) atoms. The highest BCUT2D eigenvalue weighted by atomic mass is 35.5. The Morgan fingerprint density at radius 1 is 0.913 bits per heavy atom. The minimum Gasteiger partial charge on any atom is -0.338 e. The van der Waals surface area contributed by atoms with Gasteiger partial charge in [-0.1, -0.05) is 17.7 Å². The molecule has 0 amide bonds. The van der Waals surface area contributed by atoms with Crippen LogP contribution in [0.3, 0.4) is 0 Å². The topological polar surface area (TPSA) is 45.2 Å². The quantitative estimate of drug-likeness (QED) is 0.743. The van der Waals surface area contributed by atoms with Gasteiger partial charge >= 0.3 is 0 Å². The first kappa shape index (κ1) is 22.1. The Balaban J connectivity index is 0.00000161. The molecular formula is C14H19Cl4N5. The predicted molar refractivity (Wildman–Crippen MR) is 101 cm³/mol. The third kappa shape index (κ3) is 6.28. The fourth-order valence-electron chi connectivity index (χ4n) is 2.32. The van der Waals surface area contributed by atoms with Crippen LogP contribution in [-0.2, 0) is 6.54 Å². The lowest BCUT2D eigenvalue weighted by molar-refractivity contribution is 0.248. The first-order valence-corrected chi connectivity index (χ1v) is 7.04. The summed E-state index contributed by atoms with van der Waals surface area (Å²) < 4.78 is 0. The molecule has 0 N–H and O–H groups in total. The van der Waals surface area contributed by atoms with Crippen molar-refractivity contribution in [2.24, 2.45) is 0 Å². The van der Waals surface area contributed by atoms with Crippen LogP contribution in [0.15, 0.2) is 36.8 Å². The van der Waals surface area contributed by atoms with Crippen molar-refractivity contribution < 1.29 is 0 Å². The highest BCUT2D eigenvalue weighted by Crippen LogP contribution is 2.13. The van der Waals surface area contributed by atoms with E-state index in [2.05, 4.69) is 24.8 Å². The van der Waals surface area contributed by atoms with E-state index in [-0.39, 0.29) is 37.2 Å². The van der Waals surface area contributed by atoms with Gasteiger partial charge in [0.25, 0.3) is 0 Å². The lowest BCUT2D eigenvalue weighted by atomic mass is 10.2. The Labute approximate surface area is 159 Å². The molecular weight excluding hydrogens is 380 g/mol. The highest BCUT2D eigenvalue weighted by Gasteiger charge is 2.18. The van der Waals surface area contributed by atoms with Crippen molar-refractivity contribution in [2.45, 2.75) is 6.54 Å². The van der Waals surface area contributed by atoms with Crippen LogP contribution in [0.2, 0.25) is 5.15 Å². The fourth-order valence-corrected chi connectivity index (χ4v) is 2.43. The molecule has 9 heteroatoms. The van der Waals surface area contributed by atoms with E-state index < -0.39 is 0 Å². The molecule has 1 saturated heterocycles. The predicted octanol–water partition coefficient (Wildman–Crippen LogP) is 3.11. The molecule has 1 fully saturated rings. The summed E-state index contributed by atoms with van der Waals surface area (Å²) in [5.41, 5.74) is 1.19. The standard InChI is InChI=1S/C14H16ClN5.3ClH/c15-13-3-2-12(10-18-13)11-19-6-8-20(9-7-19)14-16-4-1-5-17-14;;;/h1-5,10H,6-9,11H2;3*1H. The average Bonchev–Trinajstić information content (AvgIpc) is 2.51. The summed E-state index contributed by atoms with van der Waals surface area (Å²) in [5.74, 6) is 0.820. The maximum Gasteiger partial charge on any atom is 0.225 e. The van der Waals surface area contributed by atoms with Crippen molar-refractivity contribution in [3.05, 3.63) is 47.5 Å². The van der Waals surface area contributed by atoms with Gasteiger partial charge in [-0.2, -0.15) is 0 Å². The summed E-state index contributed by atoms with van der Waals surface area (Å²) in [6.07, 6.45) is 5.41. The van der Waals surface area contributed by atoms with Gasteiger partial charge in [-0.05, 0) is 17.7 Å². The van der Waals surface area contributed by atoms with Gasteiger partial charge in [-0.3, -0.25) is 4.90 Å². The van der Waals surface area contributed by atoms with E-state index in [9.17, 15) is 0 Å². The zero-order valence-electron chi connectivity index (χ0n) is 12.3. The number of nitrogens with zero attached hydrogens (tertiary/aromatic N) is 5. The van der Waals surface area contributed by atoms with E-state index in [4.69, 9.17) is 11.6 Å².